The SMILES string of the molecule is C[N+](C)(C)Cc1ccccc1.C[N+](C)(C)Cc1ccccc1.O=S([O-])([O-])=S. The van der Waals surface area contributed by atoms with Gasteiger partial charge < -0.3 is 18.1 Å². The lowest BCUT2D eigenvalue weighted by molar-refractivity contribution is -0.884. The van der Waals surface area contributed by atoms with E-state index in [1.807, 2.05) is 0 Å². The molecule has 0 unspecified atom stereocenters. The van der Waals surface area contributed by atoms with Gasteiger partial charge in [-0.15, -0.1) is 9.05 Å². The molecule has 2 aromatic rings. The van der Waals surface area contributed by atoms with Crippen LogP contribution < -0.4 is 0 Å². The van der Waals surface area contributed by atoms with Crippen LogP contribution in [0.2, 0.25) is 0 Å². The first-order valence-corrected chi connectivity index (χ1v) is 10.8. The van der Waals surface area contributed by atoms with E-state index < -0.39 is 9.05 Å². The second-order valence-electron chi connectivity index (χ2n) is 8.28. The molecule has 0 aliphatic heterocycles. The van der Waals surface area contributed by atoms with E-state index in [4.69, 9.17) is 13.3 Å². The standard InChI is InChI=1S/2C10H16N.H2O3S2/c2*1-11(2,3)9-10-7-5-4-6-8-10;1-5(2,3)4/h2*4-8H,9H2,1-3H3;(H2,1,2,3,4)/q2*+1;/p-2. The molecule has 27 heavy (non-hydrogen) atoms. The number of nitrogens with zero attached hydrogens (tertiary/aromatic N) is 2. The molecule has 152 valence electrons. The minimum atomic E-state index is -4.33. The van der Waals surface area contributed by atoms with Gasteiger partial charge in [0, 0.05) is 11.1 Å². The zero-order valence-corrected chi connectivity index (χ0v) is 18.8. The molecular formula is C20H32N2O3S2. The third-order valence-electron chi connectivity index (χ3n) is 3.00. The van der Waals surface area contributed by atoms with E-state index in [-0.39, 0.29) is 0 Å². The molecule has 0 atom stereocenters. The molecule has 0 spiro atoms. The summed E-state index contributed by atoms with van der Waals surface area (Å²) in [5.41, 5.74) is 2.81. The van der Waals surface area contributed by atoms with Crippen molar-refractivity contribution in [2.24, 2.45) is 0 Å². The van der Waals surface area contributed by atoms with Gasteiger partial charge in [-0.05, 0) is 11.2 Å². The Hall–Kier alpha value is -1.35. The van der Waals surface area contributed by atoms with Gasteiger partial charge in [-0.2, -0.15) is 0 Å². The Morgan fingerprint density at radius 1 is 0.704 bits per heavy atom. The van der Waals surface area contributed by atoms with Crippen LogP contribution in [-0.4, -0.2) is 64.6 Å². The third kappa shape index (κ3) is 20.8. The van der Waals surface area contributed by atoms with E-state index in [1.54, 1.807) is 0 Å². The van der Waals surface area contributed by atoms with Crippen LogP contribution in [-0.2, 0) is 33.3 Å². The minimum absolute atomic E-state index is 0.990. The molecule has 0 bridgehead atoms. The molecule has 0 saturated heterocycles. The highest BCUT2D eigenvalue weighted by atomic mass is 32.9. The van der Waals surface area contributed by atoms with E-state index >= 15 is 0 Å². The Morgan fingerprint density at radius 3 is 1.11 bits per heavy atom. The number of rotatable bonds is 4. The molecule has 0 aromatic heterocycles. The Balaban J connectivity index is 0.000000405. The first-order chi connectivity index (χ1) is 12.2. The monoisotopic (exact) mass is 412 g/mol. The van der Waals surface area contributed by atoms with E-state index in [0.717, 1.165) is 22.1 Å². The smallest absolute Gasteiger partial charge is 0.104 e. The molecule has 0 radical (unpaired) electrons. The van der Waals surface area contributed by atoms with Crippen LogP contribution in [0.3, 0.4) is 0 Å². The van der Waals surface area contributed by atoms with Crippen LogP contribution in [0.5, 0.6) is 0 Å². The lowest BCUT2D eigenvalue weighted by Crippen LogP contribution is -2.33. The van der Waals surface area contributed by atoms with Crippen molar-refractivity contribution in [3.05, 3.63) is 71.8 Å². The van der Waals surface area contributed by atoms with Crippen molar-refractivity contribution in [3.63, 3.8) is 0 Å². The van der Waals surface area contributed by atoms with Crippen molar-refractivity contribution in [2.45, 2.75) is 13.1 Å². The molecule has 2 rings (SSSR count). The number of benzene rings is 2. The maximum Gasteiger partial charge on any atom is 0.104 e. The van der Waals surface area contributed by atoms with Gasteiger partial charge in [0.1, 0.15) is 13.1 Å². The highest BCUT2D eigenvalue weighted by molar-refractivity contribution is 8.26. The van der Waals surface area contributed by atoms with Gasteiger partial charge in [0.15, 0.2) is 0 Å². The van der Waals surface area contributed by atoms with Crippen molar-refractivity contribution in [2.75, 3.05) is 42.3 Å². The first-order valence-electron chi connectivity index (χ1n) is 8.51. The van der Waals surface area contributed by atoms with Crippen LogP contribution in [0, 0.1) is 0 Å². The summed E-state index contributed by atoms with van der Waals surface area (Å²) < 4.78 is 28.7. The van der Waals surface area contributed by atoms with Crippen molar-refractivity contribution in [3.8, 4) is 0 Å². The van der Waals surface area contributed by atoms with Crippen LogP contribution in [0.4, 0.5) is 0 Å². The van der Waals surface area contributed by atoms with E-state index in [2.05, 4.69) is 114 Å². The van der Waals surface area contributed by atoms with Crippen molar-refractivity contribution in [1.29, 1.82) is 0 Å². The van der Waals surface area contributed by atoms with Gasteiger partial charge in [0.2, 0.25) is 0 Å². The molecule has 0 N–H and O–H groups in total. The summed E-state index contributed by atoms with van der Waals surface area (Å²) in [4.78, 5) is 0. The van der Waals surface area contributed by atoms with Crippen molar-refractivity contribution >= 4 is 20.2 Å². The fourth-order valence-electron chi connectivity index (χ4n) is 2.26. The molecule has 5 nitrogen and oxygen atoms in total. The van der Waals surface area contributed by atoms with Gasteiger partial charge in [0.25, 0.3) is 0 Å². The second kappa shape index (κ2) is 11.5. The molecule has 0 saturated carbocycles. The Morgan fingerprint density at radius 2 is 0.926 bits per heavy atom. The summed E-state index contributed by atoms with van der Waals surface area (Å²) in [6, 6.07) is 21.1. The quantitative estimate of drug-likeness (QED) is 0.725. The summed E-state index contributed by atoms with van der Waals surface area (Å²) >= 11 is 3.24. The summed E-state index contributed by atoms with van der Waals surface area (Å²) in [5.74, 6) is 0. The van der Waals surface area contributed by atoms with Gasteiger partial charge in [-0.3, -0.25) is 4.21 Å². The predicted octanol–water partition coefficient (Wildman–Crippen LogP) is 2.78. The highest BCUT2D eigenvalue weighted by Crippen LogP contribution is 2.05. The Kier molecular flexibility index (Phi) is 10.9. The number of hydrogen-bond donors (Lipinski definition) is 0. The average Bonchev–Trinajstić information content (AvgIpc) is 2.44. The third-order valence-corrected chi connectivity index (χ3v) is 3.00. The Bertz CT molecular complexity index is 677. The van der Waals surface area contributed by atoms with Gasteiger partial charge >= 0.3 is 0 Å². The van der Waals surface area contributed by atoms with E-state index in [1.165, 1.54) is 11.1 Å². The van der Waals surface area contributed by atoms with Gasteiger partial charge in [0.05, 0.1) is 42.3 Å². The van der Waals surface area contributed by atoms with Crippen molar-refractivity contribution < 1.29 is 22.3 Å². The lowest BCUT2D eigenvalue weighted by atomic mass is 10.2. The minimum Gasteiger partial charge on any atom is -0.780 e. The number of hydrogen-bond acceptors (Lipinski definition) is 4. The first kappa shape index (κ1) is 25.6. The van der Waals surface area contributed by atoms with E-state index in [9.17, 15) is 0 Å². The van der Waals surface area contributed by atoms with Crippen molar-refractivity contribution in [1.82, 2.24) is 0 Å². The summed E-state index contributed by atoms with van der Waals surface area (Å²) in [6.45, 7) is 2.20. The fourth-order valence-corrected chi connectivity index (χ4v) is 2.26. The molecule has 0 aliphatic rings. The van der Waals surface area contributed by atoms with Crippen LogP contribution in [0.25, 0.3) is 0 Å². The normalized spacial score (nSPS) is 11.6. The summed E-state index contributed by atoms with van der Waals surface area (Å²) in [6.07, 6.45) is 0. The second-order valence-corrected chi connectivity index (χ2v) is 10.3. The Labute approximate surface area is 169 Å². The lowest BCUT2D eigenvalue weighted by Gasteiger charge is -2.23. The largest absolute Gasteiger partial charge is 0.780 e. The zero-order valence-electron chi connectivity index (χ0n) is 17.1. The average molecular weight is 413 g/mol. The van der Waals surface area contributed by atoms with Gasteiger partial charge in [-0.25, -0.2) is 0 Å². The van der Waals surface area contributed by atoms with Gasteiger partial charge in [-0.1, -0.05) is 60.7 Å². The fraction of sp³-hybridized carbons (Fsp3) is 0.400. The van der Waals surface area contributed by atoms with Crippen LogP contribution >= 0.6 is 0 Å². The molecule has 2 aromatic carbocycles. The molecule has 0 aliphatic carbocycles. The van der Waals surface area contributed by atoms with Crippen LogP contribution in [0.1, 0.15) is 11.1 Å². The molecule has 0 amide bonds. The molecular weight excluding hydrogens is 380 g/mol. The number of quaternary nitrogens is 2. The topological polar surface area (TPSA) is 63.2 Å². The molecule has 7 heteroatoms. The summed E-state index contributed by atoms with van der Waals surface area (Å²) in [5, 5.41) is 0. The van der Waals surface area contributed by atoms with Crippen LogP contribution in [0.15, 0.2) is 60.7 Å². The molecule has 0 fully saturated rings. The zero-order chi connectivity index (χ0) is 21.1. The highest BCUT2D eigenvalue weighted by Gasteiger charge is 2.07. The van der Waals surface area contributed by atoms with E-state index in [0.29, 0.717) is 0 Å². The maximum atomic E-state index is 8.89. The summed E-state index contributed by atoms with van der Waals surface area (Å²) in [7, 11) is 8.88. The predicted molar refractivity (Wildman–Crippen MR) is 113 cm³/mol. The molecule has 0 heterocycles. The maximum absolute atomic E-state index is 8.89.